The lowest BCUT2D eigenvalue weighted by atomic mass is 10.1. The van der Waals surface area contributed by atoms with E-state index in [0.717, 1.165) is 32.0 Å². The van der Waals surface area contributed by atoms with Crippen LogP contribution in [-0.4, -0.2) is 59.3 Å². The average molecular weight is 380 g/mol. The summed E-state index contributed by atoms with van der Waals surface area (Å²) in [4.78, 5) is 12.9. The number of aliphatic hydroxyl groups excluding tert-OH is 1. The van der Waals surface area contributed by atoms with Crippen molar-refractivity contribution in [3.05, 3.63) is 46.5 Å². The van der Waals surface area contributed by atoms with Crippen molar-refractivity contribution >= 4 is 23.2 Å². The minimum atomic E-state index is -0.213. The molecule has 1 aliphatic heterocycles. The van der Waals surface area contributed by atoms with E-state index in [1.807, 2.05) is 6.07 Å². The van der Waals surface area contributed by atoms with Gasteiger partial charge in [0.15, 0.2) is 0 Å². The Balaban J connectivity index is 1.60. The predicted molar refractivity (Wildman–Crippen MR) is 101 cm³/mol. The Hall–Kier alpha value is -1.96. The van der Waals surface area contributed by atoms with Gasteiger partial charge >= 0.3 is 0 Å². The number of nitrogens with zero attached hydrogens (tertiary/aromatic N) is 4. The summed E-state index contributed by atoms with van der Waals surface area (Å²) in [5, 5.41) is 12.4. The van der Waals surface area contributed by atoms with Crippen molar-refractivity contribution in [1.29, 1.82) is 0 Å². The van der Waals surface area contributed by atoms with E-state index in [4.69, 9.17) is 16.7 Å². The third-order valence-corrected chi connectivity index (χ3v) is 4.88. The number of hydrogen-bond acceptors (Lipinski definition) is 6. The maximum absolute atomic E-state index is 14.3. The Bertz CT molecular complexity index is 752. The van der Waals surface area contributed by atoms with E-state index in [2.05, 4.69) is 25.1 Å². The van der Waals surface area contributed by atoms with E-state index < -0.39 is 0 Å². The molecule has 0 atom stereocenters. The Morgan fingerprint density at radius 3 is 2.73 bits per heavy atom. The van der Waals surface area contributed by atoms with Crippen molar-refractivity contribution in [2.45, 2.75) is 13.5 Å². The van der Waals surface area contributed by atoms with Crippen LogP contribution in [0.1, 0.15) is 11.1 Å². The number of piperazine rings is 1. The number of halogens is 2. The summed E-state index contributed by atoms with van der Waals surface area (Å²) in [5.41, 5.74) is 1.18. The van der Waals surface area contributed by atoms with Crippen LogP contribution in [0.4, 0.5) is 16.0 Å². The first-order valence-corrected chi connectivity index (χ1v) is 9.04. The fourth-order valence-electron chi connectivity index (χ4n) is 3.02. The highest BCUT2D eigenvalue weighted by atomic mass is 35.5. The summed E-state index contributed by atoms with van der Waals surface area (Å²) in [6.45, 7) is 5.95. The highest BCUT2D eigenvalue weighted by Crippen LogP contribution is 2.24. The molecule has 2 aromatic rings. The molecule has 0 unspecified atom stereocenters. The number of benzene rings is 1. The molecule has 1 aliphatic rings. The van der Waals surface area contributed by atoms with Gasteiger partial charge in [-0.1, -0.05) is 17.7 Å². The minimum Gasteiger partial charge on any atom is -0.395 e. The molecule has 0 bridgehead atoms. The van der Waals surface area contributed by atoms with E-state index in [9.17, 15) is 4.39 Å². The fraction of sp³-hybridized carbons (Fsp3) is 0.444. The highest BCUT2D eigenvalue weighted by Gasteiger charge is 2.21. The minimum absolute atomic E-state index is 0.0517. The zero-order chi connectivity index (χ0) is 18.5. The van der Waals surface area contributed by atoms with Gasteiger partial charge in [-0.15, -0.1) is 0 Å². The van der Waals surface area contributed by atoms with E-state index in [1.54, 1.807) is 19.1 Å². The number of anilines is 2. The van der Waals surface area contributed by atoms with Crippen LogP contribution in [0, 0.1) is 12.7 Å². The first kappa shape index (κ1) is 18.8. The number of aromatic nitrogens is 2. The fourth-order valence-corrected chi connectivity index (χ4v) is 3.22. The van der Waals surface area contributed by atoms with Crippen LogP contribution in [-0.2, 0) is 6.54 Å². The number of nitrogens with one attached hydrogen (secondary N) is 1. The second-order valence-electron chi connectivity index (χ2n) is 6.33. The summed E-state index contributed by atoms with van der Waals surface area (Å²) in [6.07, 6.45) is 1.52. The second-order valence-corrected chi connectivity index (χ2v) is 6.74. The zero-order valence-corrected chi connectivity index (χ0v) is 15.5. The first-order chi connectivity index (χ1) is 12.6. The Morgan fingerprint density at radius 1 is 1.23 bits per heavy atom. The Labute approximate surface area is 157 Å². The Morgan fingerprint density at radius 2 is 2.00 bits per heavy atom. The molecule has 0 amide bonds. The van der Waals surface area contributed by atoms with E-state index in [1.165, 1.54) is 6.33 Å². The van der Waals surface area contributed by atoms with Gasteiger partial charge in [-0.2, -0.15) is 0 Å². The van der Waals surface area contributed by atoms with Crippen LogP contribution in [0.5, 0.6) is 0 Å². The molecule has 0 spiro atoms. The molecule has 2 N–H and O–H groups in total. The molecule has 26 heavy (non-hydrogen) atoms. The average Bonchev–Trinajstić information content (AvgIpc) is 2.67. The van der Waals surface area contributed by atoms with Gasteiger partial charge in [0.25, 0.3) is 0 Å². The lowest BCUT2D eigenvalue weighted by Gasteiger charge is -2.35. The van der Waals surface area contributed by atoms with Gasteiger partial charge < -0.3 is 15.3 Å². The van der Waals surface area contributed by atoms with Gasteiger partial charge in [0, 0.05) is 55.9 Å². The van der Waals surface area contributed by atoms with Gasteiger partial charge in [0.05, 0.1) is 6.61 Å². The highest BCUT2D eigenvalue weighted by molar-refractivity contribution is 6.31. The lowest BCUT2D eigenvalue weighted by Crippen LogP contribution is -2.46. The number of rotatable bonds is 6. The first-order valence-electron chi connectivity index (χ1n) is 8.66. The molecular formula is C18H23ClFN5O. The van der Waals surface area contributed by atoms with E-state index >= 15 is 0 Å². The van der Waals surface area contributed by atoms with Crippen LogP contribution in [0.3, 0.4) is 0 Å². The van der Waals surface area contributed by atoms with Crippen molar-refractivity contribution < 1.29 is 9.50 Å². The normalized spacial score (nSPS) is 15.3. The van der Waals surface area contributed by atoms with Crippen LogP contribution in [0.25, 0.3) is 0 Å². The van der Waals surface area contributed by atoms with Gasteiger partial charge in [-0.25, -0.2) is 14.4 Å². The summed E-state index contributed by atoms with van der Waals surface area (Å²) >= 11 is 6.19. The molecule has 140 valence electrons. The molecule has 1 aromatic carbocycles. The standard InChI is InChI=1S/C18H23ClFN5O/c1-13-2-3-15(19)14(18(13)20)11-24-5-7-25(8-6-24)17-10-16(21-4-9-26)22-12-23-17/h2-3,10,12,26H,4-9,11H2,1H3,(H,21,22,23). The number of aliphatic hydroxyl groups is 1. The molecule has 1 aromatic heterocycles. The molecule has 0 saturated carbocycles. The maximum Gasteiger partial charge on any atom is 0.134 e. The molecule has 3 rings (SSSR count). The van der Waals surface area contributed by atoms with Crippen LogP contribution >= 0.6 is 11.6 Å². The zero-order valence-electron chi connectivity index (χ0n) is 14.8. The molecule has 1 fully saturated rings. The van der Waals surface area contributed by atoms with Gasteiger partial charge in [0.1, 0.15) is 23.8 Å². The van der Waals surface area contributed by atoms with Crippen molar-refractivity contribution in [2.24, 2.45) is 0 Å². The SMILES string of the molecule is Cc1ccc(Cl)c(CN2CCN(c3cc(NCCO)ncn3)CC2)c1F. The smallest absolute Gasteiger partial charge is 0.134 e. The molecule has 2 heterocycles. The van der Waals surface area contributed by atoms with Crippen molar-refractivity contribution in [2.75, 3.05) is 49.5 Å². The second kappa shape index (κ2) is 8.62. The van der Waals surface area contributed by atoms with Crippen molar-refractivity contribution in [3.8, 4) is 0 Å². The van der Waals surface area contributed by atoms with E-state index in [0.29, 0.717) is 35.1 Å². The summed E-state index contributed by atoms with van der Waals surface area (Å²) in [6, 6.07) is 5.34. The van der Waals surface area contributed by atoms with Gasteiger partial charge in [-0.3, -0.25) is 4.90 Å². The third-order valence-electron chi connectivity index (χ3n) is 4.53. The molecular weight excluding hydrogens is 357 g/mol. The maximum atomic E-state index is 14.3. The summed E-state index contributed by atoms with van der Waals surface area (Å²) in [5.74, 6) is 1.33. The third kappa shape index (κ3) is 4.41. The molecule has 1 saturated heterocycles. The molecule has 8 heteroatoms. The van der Waals surface area contributed by atoms with Crippen LogP contribution < -0.4 is 10.2 Å². The van der Waals surface area contributed by atoms with Gasteiger partial charge in [-0.05, 0) is 18.6 Å². The quantitative estimate of drug-likeness (QED) is 0.803. The molecule has 0 radical (unpaired) electrons. The van der Waals surface area contributed by atoms with E-state index in [-0.39, 0.29) is 12.4 Å². The number of hydrogen-bond donors (Lipinski definition) is 2. The molecule has 6 nitrogen and oxygen atoms in total. The van der Waals surface area contributed by atoms with Crippen molar-refractivity contribution in [3.63, 3.8) is 0 Å². The van der Waals surface area contributed by atoms with Gasteiger partial charge in [0.2, 0.25) is 0 Å². The largest absolute Gasteiger partial charge is 0.395 e. The van der Waals surface area contributed by atoms with Crippen LogP contribution in [0.2, 0.25) is 5.02 Å². The summed E-state index contributed by atoms with van der Waals surface area (Å²) in [7, 11) is 0. The van der Waals surface area contributed by atoms with Crippen LogP contribution in [0.15, 0.2) is 24.5 Å². The van der Waals surface area contributed by atoms with Crippen molar-refractivity contribution in [1.82, 2.24) is 14.9 Å². The number of aryl methyl sites for hydroxylation is 1. The predicted octanol–water partition coefficient (Wildman–Crippen LogP) is 2.30. The topological polar surface area (TPSA) is 64.5 Å². The Kier molecular flexibility index (Phi) is 6.24. The molecule has 0 aliphatic carbocycles. The monoisotopic (exact) mass is 379 g/mol. The summed E-state index contributed by atoms with van der Waals surface area (Å²) < 4.78 is 14.3. The lowest BCUT2D eigenvalue weighted by molar-refractivity contribution is 0.246.